The van der Waals surface area contributed by atoms with Crippen LogP contribution in [-0.4, -0.2) is 22.6 Å². The Balaban J connectivity index is 0.00000288. The number of guanidine groups is 1. The summed E-state index contributed by atoms with van der Waals surface area (Å²) in [5, 5.41) is 11.8. The molecule has 2 heterocycles. The monoisotopic (exact) mass is 463 g/mol. The Hall–Kier alpha value is -1.16. The molecule has 0 unspecified atom stereocenters. The maximum Gasteiger partial charge on any atom is 0.191 e. The lowest BCUT2D eigenvalue weighted by Gasteiger charge is -2.10. The van der Waals surface area contributed by atoms with Crippen LogP contribution in [0, 0.1) is 6.92 Å². The van der Waals surface area contributed by atoms with Gasteiger partial charge in [0.2, 0.25) is 0 Å². The van der Waals surface area contributed by atoms with E-state index in [2.05, 4.69) is 53.5 Å². The van der Waals surface area contributed by atoms with E-state index in [-0.39, 0.29) is 24.0 Å². The first-order valence-electron chi connectivity index (χ1n) is 8.07. The van der Waals surface area contributed by atoms with Gasteiger partial charge in [0.15, 0.2) is 5.96 Å². The summed E-state index contributed by atoms with van der Waals surface area (Å²) in [5.41, 5.74) is 2.11. The van der Waals surface area contributed by atoms with Crippen molar-refractivity contribution in [2.24, 2.45) is 4.99 Å². The first kappa shape index (κ1) is 20.9. The Morgan fingerprint density at radius 2 is 2.04 bits per heavy atom. The largest absolute Gasteiger partial charge is 0.361 e. The highest BCUT2D eigenvalue weighted by molar-refractivity contribution is 14.0. The molecule has 0 aromatic carbocycles. The molecule has 0 aliphatic heterocycles. The normalized spacial score (nSPS) is 11.2. The number of hydrogen-bond donors (Lipinski definition) is 2. The fourth-order valence-corrected chi connectivity index (χ4v) is 2.99. The fourth-order valence-electron chi connectivity index (χ4n) is 2.26. The first-order chi connectivity index (χ1) is 11.2. The highest BCUT2D eigenvalue weighted by Crippen LogP contribution is 2.17. The van der Waals surface area contributed by atoms with Crippen LogP contribution < -0.4 is 10.6 Å². The standard InChI is InChI=1S/C16H25N5OS.HI/c1-5-13-12(14(6-2)22-21-13)9-19-16(17-7-3)20-10-15-18-8-11(4)23-15;/h8H,5-7,9-10H2,1-4H3,(H2,17,19,20);1H. The summed E-state index contributed by atoms with van der Waals surface area (Å²) >= 11 is 1.69. The second-order valence-electron chi connectivity index (χ2n) is 5.15. The Morgan fingerprint density at radius 1 is 1.25 bits per heavy atom. The lowest BCUT2D eigenvalue weighted by Crippen LogP contribution is -2.36. The van der Waals surface area contributed by atoms with Gasteiger partial charge in [0.05, 0.1) is 18.8 Å². The van der Waals surface area contributed by atoms with Crippen LogP contribution in [0.2, 0.25) is 0 Å². The number of aromatic nitrogens is 2. The number of aryl methyl sites for hydroxylation is 3. The molecule has 0 saturated heterocycles. The molecule has 2 aromatic rings. The van der Waals surface area contributed by atoms with Gasteiger partial charge in [-0.1, -0.05) is 19.0 Å². The van der Waals surface area contributed by atoms with Crippen molar-refractivity contribution in [3.8, 4) is 0 Å². The van der Waals surface area contributed by atoms with E-state index < -0.39 is 0 Å². The quantitative estimate of drug-likeness (QED) is 0.374. The van der Waals surface area contributed by atoms with E-state index in [4.69, 9.17) is 4.52 Å². The predicted molar refractivity (Wildman–Crippen MR) is 109 cm³/mol. The average molecular weight is 463 g/mol. The molecule has 0 radical (unpaired) electrons. The van der Waals surface area contributed by atoms with Gasteiger partial charge in [-0.05, 0) is 20.3 Å². The highest BCUT2D eigenvalue weighted by Gasteiger charge is 2.13. The van der Waals surface area contributed by atoms with Gasteiger partial charge in [-0.25, -0.2) is 9.98 Å². The van der Waals surface area contributed by atoms with Crippen molar-refractivity contribution < 1.29 is 4.52 Å². The Labute approximate surface area is 164 Å². The molecule has 134 valence electrons. The summed E-state index contributed by atoms with van der Waals surface area (Å²) in [5.74, 6) is 1.71. The van der Waals surface area contributed by atoms with Crippen molar-refractivity contribution in [3.05, 3.63) is 33.1 Å². The number of thiazole rings is 1. The van der Waals surface area contributed by atoms with Crippen molar-refractivity contribution in [2.75, 3.05) is 6.54 Å². The third kappa shape index (κ3) is 5.73. The number of nitrogens with one attached hydrogen (secondary N) is 2. The third-order valence-electron chi connectivity index (χ3n) is 3.42. The van der Waals surface area contributed by atoms with E-state index in [1.807, 2.05) is 6.20 Å². The molecule has 6 nitrogen and oxygen atoms in total. The van der Waals surface area contributed by atoms with Crippen molar-refractivity contribution in [3.63, 3.8) is 0 Å². The van der Waals surface area contributed by atoms with Gasteiger partial charge in [0, 0.05) is 29.6 Å². The molecule has 0 aliphatic rings. The van der Waals surface area contributed by atoms with E-state index in [9.17, 15) is 0 Å². The van der Waals surface area contributed by atoms with Crippen molar-refractivity contribution in [2.45, 2.75) is 53.6 Å². The van der Waals surface area contributed by atoms with Gasteiger partial charge in [-0.15, -0.1) is 35.3 Å². The number of aliphatic imine (C=N–C) groups is 1. The molecule has 0 saturated carbocycles. The molecule has 0 spiro atoms. The van der Waals surface area contributed by atoms with E-state index in [1.54, 1.807) is 11.3 Å². The van der Waals surface area contributed by atoms with Crippen LogP contribution in [0.15, 0.2) is 15.7 Å². The minimum atomic E-state index is 0. The highest BCUT2D eigenvalue weighted by atomic mass is 127. The molecule has 0 fully saturated rings. The molecule has 0 aliphatic carbocycles. The molecule has 24 heavy (non-hydrogen) atoms. The number of halogens is 1. The van der Waals surface area contributed by atoms with Gasteiger partial charge >= 0.3 is 0 Å². The van der Waals surface area contributed by atoms with Crippen LogP contribution in [0.5, 0.6) is 0 Å². The maximum atomic E-state index is 5.39. The zero-order chi connectivity index (χ0) is 16.7. The van der Waals surface area contributed by atoms with Gasteiger partial charge in [0.1, 0.15) is 10.8 Å². The van der Waals surface area contributed by atoms with Crippen LogP contribution in [-0.2, 0) is 25.9 Å². The smallest absolute Gasteiger partial charge is 0.191 e. The van der Waals surface area contributed by atoms with Crippen molar-refractivity contribution >= 4 is 41.3 Å². The topological polar surface area (TPSA) is 75.3 Å². The summed E-state index contributed by atoms with van der Waals surface area (Å²) in [6.07, 6.45) is 3.58. The average Bonchev–Trinajstić information content (AvgIpc) is 3.15. The molecular formula is C16H26IN5OS. The molecule has 0 amide bonds. The van der Waals surface area contributed by atoms with Gasteiger partial charge in [-0.3, -0.25) is 0 Å². The predicted octanol–water partition coefficient (Wildman–Crippen LogP) is 3.44. The summed E-state index contributed by atoms with van der Waals surface area (Å²) < 4.78 is 5.39. The van der Waals surface area contributed by atoms with E-state index >= 15 is 0 Å². The Bertz CT molecular complexity index is 631. The number of hydrogen-bond acceptors (Lipinski definition) is 5. The van der Waals surface area contributed by atoms with Crippen LogP contribution >= 0.6 is 35.3 Å². The zero-order valence-corrected chi connectivity index (χ0v) is 17.8. The van der Waals surface area contributed by atoms with Crippen LogP contribution in [0.4, 0.5) is 0 Å². The van der Waals surface area contributed by atoms with E-state index in [0.717, 1.165) is 47.4 Å². The summed E-state index contributed by atoms with van der Waals surface area (Å²) in [6, 6.07) is 0. The summed E-state index contributed by atoms with van der Waals surface area (Å²) in [7, 11) is 0. The molecule has 2 aromatic heterocycles. The lowest BCUT2D eigenvalue weighted by atomic mass is 10.1. The third-order valence-corrected chi connectivity index (χ3v) is 4.34. The molecule has 2 N–H and O–H groups in total. The number of nitrogens with zero attached hydrogens (tertiary/aromatic N) is 3. The number of rotatable bonds is 7. The minimum Gasteiger partial charge on any atom is -0.361 e. The lowest BCUT2D eigenvalue weighted by molar-refractivity contribution is 0.380. The van der Waals surface area contributed by atoms with Crippen LogP contribution in [0.25, 0.3) is 0 Å². The zero-order valence-electron chi connectivity index (χ0n) is 14.7. The Morgan fingerprint density at radius 3 is 2.62 bits per heavy atom. The second kappa shape index (κ2) is 10.7. The second-order valence-corrected chi connectivity index (χ2v) is 6.47. The van der Waals surface area contributed by atoms with Crippen molar-refractivity contribution in [1.29, 1.82) is 0 Å². The molecule has 8 heteroatoms. The van der Waals surface area contributed by atoms with Gasteiger partial charge in [0.25, 0.3) is 0 Å². The molecule has 0 bridgehead atoms. The van der Waals surface area contributed by atoms with E-state index in [1.165, 1.54) is 4.88 Å². The SMILES string of the molecule is CCNC(=NCc1c(CC)noc1CC)NCc1ncc(C)s1.I. The summed E-state index contributed by atoms with van der Waals surface area (Å²) in [6.45, 7) is 10.3. The first-order valence-corrected chi connectivity index (χ1v) is 8.89. The molecule has 0 atom stereocenters. The Kier molecular flexibility index (Phi) is 9.27. The fraction of sp³-hybridized carbons (Fsp3) is 0.562. The van der Waals surface area contributed by atoms with Gasteiger partial charge in [-0.2, -0.15) is 0 Å². The van der Waals surface area contributed by atoms with Crippen molar-refractivity contribution in [1.82, 2.24) is 20.8 Å². The molecular weight excluding hydrogens is 437 g/mol. The summed E-state index contributed by atoms with van der Waals surface area (Å²) in [4.78, 5) is 10.2. The minimum absolute atomic E-state index is 0. The van der Waals surface area contributed by atoms with Crippen LogP contribution in [0.1, 0.15) is 47.7 Å². The molecule has 2 rings (SSSR count). The van der Waals surface area contributed by atoms with E-state index in [0.29, 0.717) is 13.1 Å². The van der Waals surface area contributed by atoms with Gasteiger partial charge < -0.3 is 15.2 Å². The maximum absolute atomic E-state index is 5.39. The van der Waals surface area contributed by atoms with Crippen LogP contribution in [0.3, 0.4) is 0 Å².